The quantitative estimate of drug-likeness (QED) is 0.362. The van der Waals surface area contributed by atoms with Crippen LogP contribution in [0.15, 0.2) is 78.9 Å². The maximum atomic E-state index is 13.4. The Morgan fingerprint density at radius 3 is 2.12 bits per heavy atom. The molecule has 2 amide bonds. The predicted octanol–water partition coefficient (Wildman–Crippen LogP) is 5.21. The Morgan fingerprint density at radius 2 is 1.51 bits per heavy atom. The molecule has 218 valence electrons. The van der Waals surface area contributed by atoms with E-state index in [0.29, 0.717) is 30.4 Å². The summed E-state index contributed by atoms with van der Waals surface area (Å²) in [6, 6.07) is 25.0. The van der Waals surface area contributed by atoms with Gasteiger partial charge in [0.05, 0.1) is 6.26 Å². The molecule has 0 unspecified atom stereocenters. The lowest BCUT2D eigenvalue weighted by atomic mass is 10.0. The van der Waals surface area contributed by atoms with Crippen LogP contribution in [0.2, 0.25) is 0 Å². The third kappa shape index (κ3) is 8.45. The molecule has 0 bridgehead atoms. The second kappa shape index (κ2) is 13.4. The standard InChI is InChI=1S/C31H38N4O5S/c1-41(37,38)33-26-9-13-30(14-10-26)40-29-11-7-24(8-12-29)23-34-19-15-25(16-20-34)32-31(36)35(27-5-3-2-4-6-27)28-17-21-39-22-18-28/h2-14,25,28,33H,15-23H2,1H3,(H,32,36). The van der Waals surface area contributed by atoms with Gasteiger partial charge < -0.3 is 14.8 Å². The van der Waals surface area contributed by atoms with Gasteiger partial charge in [0.1, 0.15) is 11.5 Å². The van der Waals surface area contributed by atoms with Gasteiger partial charge >= 0.3 is 6.03 Å². The van der Waals surface area contributed by atoms with E-state index in [0.717, 1.165) is 57.3 Å². The number of benzene rings is 3. The van der Waals surface area contributed by atoms with Crippen molar-refractivity contribution in [3.05, 3.63) is 84.4 Å². The van der Waals surface area contributed by atoms with Crippen LogP contribution in [0.4, 0.5) is 16.2 Å². The van der Waals surface area contributed by atoms with E-state index in [2.05, 4.69) is 27.1 Å². The van der Waals surface area contributed by atoms with E-state index in [9.17, 15) is 13.2 Å². The second-order valence-corrected chi connectivity index (χ2v) is 12.4. The number of carbonyl (C=O) groups excluding carboxylic acids is 1. The van der Waals surface area contributed by atoms with E-state index in [4.69, 9.17) is 9.47 Å². The van der Waals surface area contributed by atoms with Crippen LogP contribution >= 0.6 is 0 Å². The molecule has 0 spiro atoms. The summed E-state index contributed by atoms with van der Waals surface area (Å²) >= 11 is 0. The first-order valence-corrected chi connectivity index (χ1v) is 16.0. The molecule has 41 heavy (non-hydrogen) atoms. The number of amides is 2. The maximum Gasteiger partial charge on any atom is 0.322 e. The molecule has 0 radical (unpaired) electrons. The summed E-state index contributed by atoms with van der Waals surface area (Å²) in [5, 5.41) is 3.31. The molecule has 3 aromatic rings. The molecule has 9 nitrogen and oxygen atoms in total. The van der Waals surface area contributed by atoms with E-state index in [1.54, 1.807) is 24.3 Å². The van der Waals surface area contributed by atoms with Crippen LogP contribution in [0, 0.1) is 0 Å². The highest BCUT2D eigenvalue weighted by molar-refractivity contribution is 7.92. The van der Waals surface area contributed by atoms with Crippen molar-refractivity contribution in [2.24, 2.45) is 0 Å². The van der Waals surface area contributed by atoms with Gasteiger partial charge in [-0.3, -0.25) is 14.5 Å². The minimum atomic E-state index is -3.31. The number of hydrogen-bond donors (Lipinski definition) is 2. The molecule has 2 N–H and O–H groups in total. The number of anilines is 2. The van der Waals surface area contributed by atoms with Gasteiger partial charge in [-0.2, -0.15) is 0 Å². The summed E-state index contributed by atoms with van der Waals surface area (Å²) < 4.78 is 36.6. The van der Waals surface area contributed by atoms with Crippen LogP contribution in [-0.2, 0) is 21.3 Å². The number of likely N-dealkylation sites (tertiary alicyclic amines) is 1. The maximum absolute atomic E-state index is 13.4. The number of para-hydroxylation sites is 1. The average Bonchev–Trinajstić information content (AvgIpc) is 2.97. The van der Waals surface area contributed by atoms with Crippen LogP contribution in [-0.4, -0.2) is 64.0 Å². The highest BCUT2D eigenvalue weighted by atomic mass is 32.2. The fourth-order valence-electron chi connectivity index (χ4n) is 5.37. The molecular weight excluding hydrogens is 540 g/mol. The van der Waals surface area contributed by atoms with Gasteiger partial charge in [0.15, 0.2) is 0 Å². The lowest BCUT2D eigenvalue weighted by molar-refractivity contribution is 0.0853. The lowest BCUT2D eigenvalue weighted by Crippen LogP contribution is -2.53. The van der Waals surface area contributed by atoms with Gasteiger partial charge in [-0.15, -0.1) is 0 Å². The highest BCUT2D eigenvalue weighted by Crippen LogP contribution is 2.26. The van der Waals surface area contributed by atoms with Crippen LogP contribution in [0.1, 0.15) is 31.2 Å². The SMILES string of the molecule is CS(=O)(=O)Nc1ccc(Oc2ccc(CN3CCC(NC(=O)N(c4ccccc4)C4CCOCC4)CC3)cc2)cc1. The smallest absolute Gasteiger partial charge is 0.322 e. The van der Waals surface area contributed by atoms with Gasteiger partial charge in [-0.05, 0) is 79.8 Å². The number of piperidine rings is 1. The van der Waals surface area contributed by atoms with Crippen molar-refractivity contribution in [3.63, 3.8) is 0 Å². The summed E-state index contributed by atoms with van der Waals surface area (Å²) in [4.78, 5) is 17.8. The Hall–Kier alpha value is -3.60. The monoisotopic (exact) mass is 578 g/mol. The van der Waals surface area contributed by atoms with Crippen molar-refractivity contribution in [2.75, 3.05) is 42.2 Å². The van der Waals surface area contributed by atoms with Crippen LogP contribution in [0.25, 0.3) is 0 Å². The number of nitrogens with one attached hydrogen (secondary N) is 2. The van der Waals surface area contributed by atoms with Crippen LogP contribution in [0.5, 0.6) is 11.5 Å². The Bertz CT molecular complexity index is 1370. The number of hydrogen-bond acceptors (Lipinski definition) is 6. The summed E-state index contributed by atoms with van der Waals surface area (Å²) in [7, 11) is -3.31. The van der Waals surface area contributed by atoms with Gasteiger partial charge in [-0.25, -0.2) is 13.2 Å². The molecule has 5 rings (SSSR count). The van der Waals surface area contributed by atoms with Crippen molar-refractivity contribution in [2.45, 2.75) is 44.3 Å². The van der Waals surface area contributed by atoms with Gasteiger partial charge in [-0.1, -0.05) is 30.3 Å². The minimum Gasteiger partial charge on any atom is -0.457 e. The number of nitrogens with zero attached hydrogens (tertiary/aromatic N) is 2. The summed E-state index contributed by atoms with van der Waals surface area (Å²) in [6.45, 7) is 4.04. The van der Waals surface area contributed by atoms with E-state index in [1.165, 1.54) is 5.56 Å². The third-order valence-corrected chi connectivity index (χ3v) is 8.05. The molecule has 0 aliphatic carbocycles. The Morgan fingerprint density at radius 1 is 0.902 bits per heavy atom. The predicted molar refractivity (Wildman–Crippen MR) is 161 cm³/mol. The summed E-state index contributed by atoms with van der Waals surface area (Å²) in [5.74, 6) is 1.34. The molecular formula is C31H38N4O5S. The average molecular weight is 579 g/mol. The third-order valence-electron chi connectivity index (χ3n) is 7.45. The zero-order chi connectivity index (χ0) is 28.7. The second-order valence-electron chi connectivity index (χ2n) is 10.7. The number of carbonyl (C=O) groups is 1. The largest absolute Gasteiger partial charge is 0.457 e. The summed E-state index contributed by atoms with van der Waals surface area (Å²) in [6.07, 6.45) is 4.63. The zero-order valence-corrected chi connectivity index (χ0v) is 24.2. The first-order valence-electron chi connectivity index (χ1n) is 14.1. The van der Waals surface area contributed by atoms with Crippen LogP contribution < -0.4 is 19.7 Å². The molecule has 2 heterocycles. The van der Waals surface area contributed by atoms with Gasteiger partial charge in [0, 0.05) is 56.3 Å². The van der Waals surface area contributed by atoms with E-state index in [1.807, 2.05) is 47.4 Å². The normalized spacial score (nSPS) is 17.1. The van der Waals surface area contributed by atoms with Gasteiger partial charge in [0.25, 0.3) is 0 Å². The Kier molecular flexibility index (Phi) is 9.43. The van der Waals surface area contributed by atoms with E-state index < -0.39 is 10.0 Å². The zero-order valence-electron chi connectivity index (χ0n) is 23.4. The Balaban J connectivity index is 1.09. The fraction of sp³-hybridized carbons (Fsp3) is 0.387. The molecule has 2 fully saturated rings. The van der Waals surface area contributed by atoms with Gasteiger partial charge in [0.2, 0.25) is 10.0 Å². The number of ether oxygens (including phenoxy) is 2. The van der Waals surface area contributed by atoms with Crippen molar-refractivity contribution in [1.82, 2.24) is 10.2 Å². The first kappa shape index (κ1) is 28.9. The minimum absolute atomic E-state index is 0.0153. The molecule has 0 atom stereocenters. The van der Waals surface area contributed by atoms with E-state index >= 15 is 0 Å². The van der Waals surface area contributed by atoms with E-state index in [-0.39, 0.29) is 18.1 Å². The molecule has 3 aromatic carbocycles. The molecule has 2 aliphatic heterocycles. The molecule has 0 saturated carbocycles. The highest BCUT2D eigenvalue weighted by Gasteiger charge is 2.29. The molecule has 10 heteroatoms. The number of urea groups is 1. The lowest BCUT2D eigenvalue weighted by Gasteiger charge is -2.37. The van der Waals surface area contributed by atoms with Crippen molar-refractivity contribution >= 4 is 27.4 Å². The van der Waals surface area contributed by atoms with Crippen molar-refractivity contribution in [3.8, 4) is 11.5 Å². The first-order chi connectivity index (χ1) is 19.8. The molecule has 2 aliphatic rings. The molecule has 0 aromatic heterocycles. The Labute approximate surface area is 242 Å². The summed E-state index contributed by atoms with van der Waals surface area (Å²) in [5.41, 5.74) is 2.62. The topological polar surface area (TPSA) is 100 Å². The number of rotatable bonds is 9. The van der Waals surface area contributed by atoms with Crippen molar-refractivity contribution in [1.29, 1.82) is 0 Å². The van der Waals surface area contributed by atoms with Crippen LogP contribution in [0.3, 0.4) is 0 Å². The fourth-order valence-corrected chi connectivity index (χ4v) is 5.93. The molecule has 2 saturated heterocycles. The number of sulfonamides is 1. The van der Waals surface area contributed by atoms with Crippen molar-refractivity contribution < 1.29 is 22.7 Å².